The number of nitrogens with one attached hydrogen (secondary N) is 1. The number of rotatable bonds is 4. The monoisotopic (exact) mass is 288 g/mol. The van der Waals surface area contributed by atoms with Crippen molar-refractivity contribution < 1.29 is 9.47 Å². The van der Waals surface area contributed by atoms with Crippen molar-refractivity contribution in [2.24, 2.45) is 5.73 Å². The van der Waals surface area contributed by atoms with Crippen LogP contribution in [0.1, 0.15) is 0 Å². The molecule has 0 spiro atoms. The van der Waals surface area contributed by atoms with Gasteiger partial charge in [0.15, 0.2) is 5.11 Å². The van der Waals surface area contributed by atoms with Crippen LogP contribution < -0.4 is 20.5 Å². The first-order valence-electron chi connectivity index (χ1n) is 6.03. The van der Waals surface area contributed by atoms with Crippen LogP contribution in [0.4, 0.5) is 5.69 Å². The molecule has 0 fully saturated rings. The summed E-state index contributed by atoms with van der Waals surface area (Å²) in [4.78, 5) is 0. The zero-order valence-electron chi connectivity index (χ0n) is 11.3. The molecule has 0 aliphatic heterocycles. The molecule has 5 heteroatoms. The minimum Gasteiger partial charge on any atom is -0.497 e. The highest BCUT2D eigenvalue weighted by Gasteiger charge is 2.08. The molecule has 0 aromatic heterocycles. The average molecular weight is 288 g/mol. The van der Waals surface area contributed by atoms with Gasteiger partial charge in [0.1, 0.15) is 11.5 Å². The Hall–Kier alpha value is -2.27. The van der Waals surface area contributed by atoms with Gasteiger partial charge in [-0.15, -0.1) is 0 Å². The van der Waals surface area contributed by atoms with Crippen LogP contribution >= 0.6 is 12.2 Å². The number of methoxy groups -OCH3 is 2. The third-order valence-electron chi connectivity index (χ3n) is 2.85. The van der Waals surface area contributed by atoms with E-state index in [1.165, 1.54) is 0 Å². The lowest BCUT2D eigenvalue weighted by atomic mass is 10.0. The van der Waals surface area contributed by atoms with E-state index in [9.17, 15) is 0 Å². The zero-order valence-corrected chi connectivity index (χ0v) is 12.2. The second-order valence-corrected chi connectivity index (χ2v) is 4.58. The molecular formula is C15H16N2O2S. The van der Waals surface area contributed by atoms with Crippen molar-refractivity contribution in [1.82, 2.24) is 0 Å². The van der Waals surface area contributed by atoms with E-state index in [1.54, 1.807) is 14.2 Å². The predicted octanol–water partition coefficient (Wildman–Crippen LogP) is 3.03. The fourth-order valence-electron chi connectivity index (χ4n) is 1.94. The topological polar surface area (TPSA) is 56.5 Å². The van der Waals surface area contributed by atoms with Gasteiger partial charge in [-0.05, 0) is 42.0 Å². The largest absolute Gasteiger partial charge is 0.497 e. The number of anilines is 1. The summed E-state index contributed by atoms with van der Waals surface area (Å²) in [6.45, 7) is 0. The van der Waals surface area contributed by atoms with Gasteiger partial charge in [0.25, 0.3) is 0 Å². The van der Waals surface area contributed by atoms with Crippen molar-refractivity contribution in [3.63, 3.8) is 0 Å². The van der Waals surface area contributed by atoms with Crippen LogP contribution in [0.2, 0.25) is 0 Å². The molecule has 0 bridgehead atoms. The number of hydrogen-bond acceptors (Lipinski definition) is 3. The molecule has 0 radical (unpaired) electrons. The first-order valence-corrected chi connectivity index (χ1v) is 6.44. The molecule has 3 N–H and O–H groups in total. The van der Waals surface area contributed by atoms with E-state index < -0.39 is 0 Å². The number of ether oxygens (including phenoxy) is 2. The molecule has 0 amide bonds. The maximum atomic E-state index is 5.49. The Morgan fingerprint density at radius 2 is 1.90 bits per heavy atom. The average Bonchev–Trinajstić information content (AvgIpc) is 2.46. The van der Waals surface area contributed by atoms with Crippen LogP contribution in [0, 0.1) is 0 Å². The van der Waals surface area contributed by atoms with Crippen molar-refractivity contribution in [3.8, 4) is 22.6 Å². The standard InChI is InChI=1S/C15H16N2O2S/c1-18-12-6-7-13(14(9-12)19-2)10-4-3-5-11(8-10)17-15(16)20/h3-9H,1-2H3,(H3,16,17,20). The smallest absolute Gasteiger partial charge is 0.168 e. The lowest BCUT2D eigenvalue weighted by Crippen LogP contribution is -2.18. The van der Waals surface area contributed by atoms with Gasteiger partial charge < -0.3 is 20.5 Å². The third-order valence-corrected chi connectivity index (χ3v) is 2.95. The van der Waals surface area contributed by atoms with Gasteiger partial charge in [-0.25, -0.2) is 0 Å². The highest BCUT2D eigenvalue weighted by Crippen LogP contribution is 2.34. The van der Waals surface area contributed by atoms with Crippen molar-refractivity contribution in [2.45, 2.75) is 0 Å². The van der Waals surface area contributed by atoms with E-state index in [2.05, 4.69) is 5.32 Å². The molecule has 0 saturated heterocycles. The van der Waals surface area contributed by atoms with Crippen LogP contribution in [0.25, 0.3) is 11.1 Å². The van der Waals surface area contributed by atoms with Gasteiger partial charge in [0.05, 0.1) is 14.2 Å². The molecule has 0 aliphatic carbocycles. The van der Waals surface area contributed by atoms with Crippen LogP contribution in [-0.2, 0) is 0 Å². The summed E-state index contributed by atoms with van der Waals surface area (Å²) in [5, 5.41) is 3.16. The molecule has 4 nitrogen and oxygen atoms in total. The van der Waals surface area contributed by atoms with Crippen molar-refractivity contribution in [3.05, 3.63) is 42.5 Å². The molecule has 2 rings (SSSR count). The fourth-order valence-corrected chi connectivity index (χ4v) is 2.06. The molecule has 20 heavy (non-hydrogen) atoms. The summed E-state index contributed by atoms with van der Waals surface area (Å²) in [6, 6.07) is 13.5. The van der Waals surface area contributed by atoms with Crippen LogP contribution in [-0.4, -0.2) is 19.3 Å². The summed E-state index contributed by atoms with van der Waals surface area (Å²) in [5.74, 6) is 1.50. The Morgan fingerprint density at radius 3 is 2.55 bits per heavy atom. The summed E-state index contributed by atoms with van der Waals surface area (Å²) in [5.41, 5.74) is 8.30. The number of thiocarbonyl (C=S) groups is 1. The second-order valence-electron chi connectivity index (χ2n) is 4.14. The molecule has 0 heterocycles. The first kappa shape index (κ1) is 14.1. The van der Waals surface area contributed by atoms with Crippen LogP contribution in [0.15, 0.2) is 42.5 Å². The maximum Gasteiger partial charge on any atom is 0.168 e. The van der Waals surface area contributed by atoms with Gasteiger partial charge in [-0.2, -0.15) is 0 Å². The fraction of sp³-hybridized carbons (Fsp3) is 0.133. The minimum atomic E-state index is 0.240. The SMILES string of the molecule is COc1ccc(-c2cccc(NC(N)=S)c2)c(OC)c1. The van der Waals surface area contributed by atoms with Crippen LogP contribution in [0.5, 0.6) is 11.5 Å². The molecular weight excluding hydrogens is 272 g/mol. The van der Waals surface area contributed by atoms with Crippen molar-refractivity contribution >= 4 is 23.0 Å². The Balaban J connectivity index is 2.42. The Bertz CT molecular complexity index is 629. The molecule has 2 aromatic carbocycles. The highest BCUT2D eigenvalue weighted by atomic mass is 32.1. The summed E-state index contributed by atoms with van der Waals surface area (Å²) in [7, 11) is 3.26. The summed E-state index contributed by atoms with van der Waals surface area (Å²) in [6.07, 6.45) is 0. The van der Waals surface area contributed by atoms with Gasteiger partial charge in [-0.3, -0.25) is 0 Å². The van der Waals surface area contributed by atoms with Gasteiger partial charge in [0.2, 0.25) is 0 Å². The highest BCUT2D eigenvalue weighted by molar-refractivity contribution is 7.80. The van der Waals surface area contributed by atoms with Gasteiger partial charge in [-0.1, -0.05) is 12.1 Å². The lowest BCUT2D eigenvalue weighted by Gasteiger charge is -2.12. The lowest BCUT2D eigenvalue weighted by molar-refractivity contribution is 0.395. The number of benzene rings is 2. The maximum absolute atomic E-state index is 5.49. The molecule has 2 aromatic rings. The minimum absolute atomic E-state index is 0.240. The van der Waals surface area contributed by atoms with E-state index in [1.807, 2.05) is 42.5 Å². The third kappa shape index (κ3) is 3.19. The predicted molar refractivity (Wildman–Crippen MR) is 85.4 cm³/mol. The van der Waals surface area contributed by atoms with E-state index in [-0.39, 0.29) is 5.11 Å². The van der Waals surface area contributed by atoms with Crippen LogP contribution in [0.3, 0.4) is 0 Å². The van der Waals surface area contributed by atoms with Crippen molar-refractivity contribution in [1.29, 1.82) is 0 Å². The number of hydrogen-bond donors (Lipinski definition) is 2. The second kappa shape index (κ2) is 6.25. The normalized spacial score (nSPS) is 9.90. The van der Waals surface area contributed by atoms with Gasteiger partial charge >= 0.3 is 0 Å². The Labute approximate surface area is 123 Å². The van der Waals surface area contributed by atoms with E-state index in [0.717, 1.165) is 28.3 Å². The Morgan fingerprint density at radius 1 is 1.10 bits per heavy atom. The quantitative estimate of drug-likeness (QED) is 0.847. The Kier molecular flexibility index (Phi) is 4.42. The first-order chi connectivity index (χ1) is 9.63. The van der Waals surface area contributed by atoms with Gasteiger partial charge in [0, 0.05) is 17.3 Å². The van der Waals surface area contributed by atoms with Crippen molar-refractivity contribution in [2.75, 3.05) is 19.5 Å². The molecule has 104 valence electrons. The molecule has 0 aliphatic rings. The van der Waals surface area contributed by atoms with E-state index in [4.69, 9.17) is 27.4 Å². The summed E-state index contributed by atoms with van der Waals surface area (Å²) < 4.78 is 10.6. The summed E-state index contributed by atoms with van der Waals surface area (Å²) >= 11 is 4.84. The van der Waals surface area contributed by atoms with E-state index in [0.29, 0.717) is 0 Å². The molecule has 0 unspecified atom stereocenters. The number of nitrogens with two attached hydrogens (primary N) is 1. The zero-order chi connectivity index (χ0) is 14.5. The van der Waals surface area contributed by atoms with E-state index >= 15 is 0 Å². The molecule has 0 atom stereocenters. The molecule has 0 saturated carbocycles.